The first kappa shape index (κ1) is 36.0. The number of hydrogen-bond donors (Lipinski definition) is 5. The van der Waals surface area contributed by atoms with Crippen LogP contribution in [0.15, 0.2) is 71.9 Å². The van der Waals surface area contributed by atoms with Gasteiger partial charge >= 0.3 is 5.97 Å². The number of allylic oxidation sites excluding steroid dienone is 6. The summed E-state index contributed by atoms with van der Waals surface area (Å²) in [7, 11) is 1.48. The molecule has 0 saturated carbocycles. The predicted molar refractivity (Wildman–Crippen MR) is 170 cm³/mol. The first-order valence-corrected chi connectivity index (χ1v) is 14.7. The zero-order valence-corrected chi connectivity index (χ0v) is 26.4. The molecule has 1 aliphatic rings. The summed E-state index contributed by atoms with van der Waals surface area (Å²) in [5.41, 5.74) is 1.63. The Labute approximate surface area is 259 Å². The van der Waals surface area contributed by atoms with Gasteiger partial charge in [0.2, 0.25) is 11.8 Å². The molecule has 2 bridgehead atoms. The first-order valence-electron chi connectivity index (χ1n) is 14.7. The van der Waals surface area contributed by atoms with E-state index >= 15 is 0 Å². The number of carbonyl (C=O) groups excluding carboxylic acids is 3. The van der Waals surface area contributed by atoms with E-state index in [1.807, 2.05) is 12.2 Å². The number of amides is 2. The van der Waals surface area contributed by atoms with Crippen LogP contribution in [0.25, 0.3) is 0 Å². The molecule has 44 heavy (non-hydrogen) atoms. The Morgan fingerprint density at radius 2 is 1.86 bits per heavy atom. The van der Waals surface area contributed by atoms with Crippen molar-refractivity contribution in [1.82, 2.24) is 5.32 Å². The highest BCUT2D eigenvalue weighted by Crippen LogP contribution is 2.34. The maximum Gasteiger partial charge on any atom is 0.328 e. The third-order valence-electron chi connectivity index (χ3n) is 7.49. The third kappa shape index (κ3) is 11.2. The van der Waals surface area contributed by atoms with Crippen molar-refractivity contribution in [2.24, 2.45) is 5.92 Å². The van der Waals surface area contributed by atoms with Crippen molar-refractivity contribution in [3.8, 4) is 11.5 Å². The molecule has 0 fully saturated rings. The fourth-order valence-corrected chi connectivity index (χ4v) is 4.50. The Morgan fingerprint density at radius 1 is 1.16 bits per heavy atom. The summed E-state index contributed by atoms with van der Waals surface area (Å²) in [6.45, 7) is 8.49. The number of phenols is 2. The fourth-order valence-electron chi connectivity index (χ4n) is 4.50. The van der Waals surface area contributed by atoms with Crippen LogP contribution in [0.2, 0.25) is 0 Å². The SMILES string of the molecule is C/C=C(\C)C(=O)N[C@H](C)C(=O)O[C@H]1CC=CC=CC=C[C@H](OC)CC(=O)Nc2cc(O)cc(c2O)CCC=C(C)[C@H](O)[C@H]1C. The largest absolute Gasteiger partial charge is 0.508 e. The molecule has 0 aliphatic carbocycles. The Morgan fingerprint density at radius 3 is 2.55 bits per heavy atom. The minimum absolute atomic E-state index is 0.0148. The second-order valence-corrected chi connectivity index (χ2v) is 10.9. The zero-order valence-electron chi connectivity index (χ0n) is 26.4. The van der Waals surface area contributed by atoms with Crippen LogP contribution in [0.4, 0.5) is 5.69 Å². The monoisotopic (exact) mass is 610 g/mol. The highest BCUT2D eigenvalue weighted by Gasteiger charge is 2.30. The van der Waals surface area contributed by atoms with Gasteiger partial charge in [-0.2, -0.15) is 0 Å². The maximum absolute atomic E-state index is 13.0. The maximum atomic E-state index is 13.0. The van der Waals surface area contributed by atoms with Crippen LogP contribution >= 0.6 is 0 Å². The number of ether oxygens (including phenoxy) is 2. The van der Waals surface area contributed by atoms with E-state index in [1.54, 1.807) is 71.1 Å². The van der Waals surface area contributed by atoms with Gasteiger partial charge in [-0.3, -0.25) is 9.59 Å². The van der Waals surface area contributed by atoms with Crippen LogP contribution in [-0.2, 0) is 30.3 Å². The summed E-state index contributed by atoms with van der Waals surface area (Å²) in [4.78, 5) is 37.8. The predicted octanol–water partition coefficient (Wildman–Crippen LogP) is 4.77. The number of phenolic OH excluding ortho intramolecular Hbond substituents is 2. The lowest BCUT2D eigenvalue weighted by atomic mass is 9.90. The first-order chi connectivity index (χ1) is 20.9. The molecule has 0 unspecified atom stereocenters. The van der Waals surface area contributed by atoms with E-state index < -0.39 is 42.1 Å². The molecule has 1 heterocycles. The van der Waals surface area contributed by atoms with E-state index in [-0.39, 0.29) is 29.5 Å². The number of aryl methyl sites for hydroxylation is 1. The lowest BCUT2D eigenvalue weighted by molar-refractivity contribution is -0.156. The number of esters is 1. The van der Waals surface area contributed by atoms with E-state index in [9.17, 15) is 29.7 Å². The summed E-state index contributed by atoms with van der Waals surface area (Å²) >= 11 is 0. The van der Waals surface area contributed by atoms with Crippen molar-refractivity contribution < 1.29 is 39.2 Å². The molecule has 10 nitrogen and oxygen atoms in total. The van der Waals surface area contributed by atoms with Crippen LogP contribution < -0.4 is 10.6 Å². The molecule has 240 valence electrons. The molecule has 5 atom stereocenters. The summed E-state index contributed by atoms with van der Waals surface area (Å²) in [5, 5.41) is 37.5. The topological polar surface area (TPSA) is 154 Å². The van der Waals surface area contributed by atoms with Gasteiger partial charge in [-0.15, -0.1) is 0 Å². The van der Waals surface area contributed by atoms with Gasteiger partial charge in [0.25, 0.3) is 0 Å². The van der Waals surface area contributed by atoms with Crippen molar-refractivity contribution in [3.63, 3.8) is 0 Å². The molecule has 1 aliphatic heterocycles. The van der Waals surface area contributed by atoms with E-state index in [0.29, 0.717) is 36.0 Å². The number of anilines is 1. The van der Waals surface area contributed by atoms with E-state index in [4.69, 9.17) is 9.47 Å². The van der Waals surface area contributed by atoms with Crippen LogP contribution in [-0.4, -0.2) is 64.6 Å². The number of nitrogens with one attached hydrogen (secondary N) is 2. The normalized spacial score (nSPS) is 23.1. The number of benzene rings is 1. The summed E-state index contributed by atoms with van der Waals surface area (Å²) < 4.78 is 11.2. The van der Waals surface area contributed by atoms with Crippen molar-refractivity contribution in [1.29, 1.82) is 0 Å². The average molecular weight is 611 g/mol. The van der Waals surface area contributed by atoms with Gasteiger partial charge in [-0.1, -0.05) is 55.5 Å². The smallest absolute Gasteiger partial charge is 0.328 e. The number of rotatable bonds is 5. The van der Waals surface area contributed by atoms with Crippen molar-refractivity contribution in [3.05, 3.63) is 77.5 Å². The molecule has 1 aromatic carbocycles. The lowest BCUT2D eigenvalue weighted by Gasteiger charge is -2.29. The number of hydrogen-bond acceptors (Lipinski definition) is 8. The van der Waals surface area contributed by atoms with Gasteiger partial charge in [-0.05, 0) is 57.7 Å². The molecule has 5 N–H and O–H groups in total. The molecule has 0 spiro atoms. The van der Waals surface area contributed by atoms with Gasteiger partial charge < -0.3 is 35.4 Å². The summed E-state index contributed by atoms with van der Waals surface area (Å²) in [6.07, 6.45) is 12.9. The Balaban J connectivity index is 2.36. The van der Waals surface area contributed by atoms with Crippen LogP contribution in [0.1, 0.15) is 59.4 Å². The molecular formula is C34H46N2O8. The number of carbonyl (C=O) groups is 3. The minimum atomic E-state index is -0.956. The Kier molecular flexibility index (Phi) is 14.6. The standard InChI is InChI=1S/C34H46N2O8/c1-7-21(2)33(41)35-24(5)34(42)44-29-17-12-10-8-9-11-16-27(43-6)20-30(38)36-28-19-26(37)18-25(32(28)40)15-13-14-22(3)31(39)23(29)4/h7-12,14,16,18-19,23-24,27,29,31,37,39-40H,13,15,17,20H2,1-6H3,(H,35,41)(H,36,38)/b9-8?,12-10?,16-11?,21-7+,22-14?/t23-,24+,27-,29-,31-/m0/s1. The number of aromatic hydroxyl groups is 2. The van der Waals surface area contributed by atoms with Gasteiger partial charge in [0.1, 0.15) is 23.6 Å². The van der Waals surface area contributed by atoms with E-state index in [2.05, 4.69) is 10.6 Å². The second kappa shape index (κ2) is 17.8. The number of aliphatic hydroxyl groups excluding tert-OH is 1. The van der Waals surface area contributed by atoms with Crippen LogP contribution in [0.5, 0.6) is 11.5 Å². The third-order valence-corrected chi connectivity index (χ3v) is 7.49. The Bertz CT molecular complexity index is 1310. The fraction of sp³-hybridized carbons (Fsp3) is 0.441. The number of fused-ring (bicyclic) bond motifs is 2. The quantitative estimate of drug-likeness (QED) is 0.105. The van der Waals surface area contributed by atoms with Gasteiger partial charge in [0.05, 0.1) is 24.3 Å². The molecule has 0 aromatic heterocycles. The molecule has 0 saturated heterocycles. The van der Waals surface area contributed by atoms with Crippen molar-refractivity contribution in [2.45, 2.75) is 84.7 Å². The van der Waals surface area contributed by atoms with E-state index in [0.717, 1.165) is 0 Å². The summed E-state index contributed by atoms with van der Waals surface area (Å²) in [6, 6.07) is 1.81. The highest BCUT2D eigenvalue weighted by molar-refractivity contribution is 5.95. The molecule has 2 amide bonds. The van der Waals surface area contributed by atoms with Crippen LogP contribution in [0, 0.1) is 5.92 Å². The zero-order chi connectivity index (χ0) is 32.8. The van der Waals surface area contributed by atoms with E-state index in [1.165, 1.54) is 19.2 Å². The van der Waals surface area contributed by atoms with Gasteiger partial charge in [-0.25, -0.2) is 4.79 Å². The molecule has 10 heteroatoms. The average Bonchev–Trinajstić information content (AvgIpc) is 2.99. The molecule has 0 radical (unpaired) electrons. The van der Waals surface area contributed by atoms with Gasteiger partial charge in [0, 0.05) is 31.1 Å². The Hall–Kier alpha value is -4.15. The minimum Gasteiger partial charge on any atom is -0.508 e. The summed E-state index contributed by atoms with van der Waals surface area (Å²) in [5.74, 6) is -2.15. The van der Waals surface area contributed by atoms with Gasteiger partial charge in [0.15, 0.2) is 0 Å². The van der Waals surface area contributed by atoms with Crippen molar-refractivity contribution >= 4 is 23.5 Å². The number of methoxy groups -OCH3 is 1. The molecule has 1 aromatic rings. The molecular weight excluding hydrogens is 564 g/mol. The molecule has 2 rings (SSSR count). The highest BCUT2D eigenvalue weighted by atomic mass is 16.5. The second-order valence-electron chi connectivity index (χ2n) is 10.9. The lowest BCUT2D eigenvalue weighted by Crippen LogP contribution is -2.43. The number of aliphatic hydroxyl groups is 1. The van der Waals surface area contributed by atoms with Crippen molar-refractivity contribution in [2.75, 3.05) is 12.4 Å². The van der Waals surface area contributed by atoms with Crippen LogP contribution in [0.3, 0.4) is 0 Å².